The number of nitrogens with one attached hydrogen (secondary N) is 1. The number of primary amides is 1. The molecule has 0 spiro atoms. The standard InChI is InChI=1S/C14H24N2O3/c1-9(2)11(4)12(17)14(19)16-8-6-5-7-10(3)13(15)18/h7,9,11H,5-6,8H2,1-4H3,(H2,15,18)(H,16,19)/b10-7+. The van der Waals surface area contributed by atoms with Crippen molar-refractivity contribution >= 4 is 17.6 Å². The first-order valence-corrected chi connectivity index (χ1v) is 6.56. The van der Waals surface area contributed by atoms with E-state index >= 15 is 0 Å². The van der Waals surface area contributed by atoms with Gasteiger partial charge in [-0.3, -0.25) is 14.4 Å². The van der Waals surface area contributed by atoms with Gasteiger partial charge < -0.3 is 11.1 Å². The molecular weight excluding hydrogens is 244 g/mol. The minimum atomic E-state index is -0.531. The zero-order valence-corrected chi connectivity index (χ0v) is 12.2. The summed E-state index contributed by atoms with van der Waals surface area (Å²) in [6.07, 6.45) is 3.04. The zero-order chi connectivity index (χ0) is 15.0. The van der Waals surface area contributed by atoms with Gasteiger partial charge >= 0.3 is 0 Å². The fourth-order valence-corrected chi connectivity index (χ4v) is 1.32. The van der Waals surface area contributed by atoms with Gasteiger partial charge in [-0.15, -0.1) is 0 Å². The summed E-state index contributed by atoms with van der Waals surface area (Å²) in [6, 6.07) is 0. The summed E-state index contributed by atoms with van der Waals surface area (Å²) in [5, 5.41) is 2.59. The number of rotatable bonds is 8. The van der Waals surface area contributed by atoms with Crippen LogP contribution in [0, 0.1) is 11.8 Å². The minimum Gasteiger partial charge on any atom is -0.366 e. The molecule has 108 valence electrons. The number of carbonyl (C=O) groups is 3. The number of allylic oxidation sites excluding steroid dienone is 1. The highest BCUT2D eigenvalue weighted by atomic mass is 16.2. The van der Waals surface area contributed by atoms with Gasteiger partial charge in [0.05, 0.1) is 0 Å². The lowest BCUT2D eigenvalue weighted by atomic mass is 9.93. The first kappa shape index (κ1) is 17.4. The number of amides is 2. The van der Waals surface area contributed by atoms with Crippen LogP contribution in [0.1, 0.15) is 40.5 Å². The van der Waals surface area contributed by atoms with Crippen LogP contribution in [0.2, 0.25) is 0 Å². The Morgan fingerprint density at radius 3 is 2.26 bits per heavy atom. The van der Waals surface area contributed by atoms with Gasteiger partial charge in [-0.25, -0.2) is 0 Å². The Bertz CT molecular complexity index is 373. The highest BCUT2D eigenvalue weighted by Gasteiger charge is 2.23. The van der Waals surface area contributed by atoms with Gasteiger partial charge in [-0.2, -0.15) is 0 Å². The maximum absolute atomic E-state index is 11.7. The molecule has 0 radical (unpaired) electrons. The Balaban J connectivity index is 3.97. The second-order valence-electron chi connectivity index (χ2n) is 5.05. The molecule has 0 aliphatic carbocycles. The van der Waals surface area contributed by atoms with Crippen molar-refractivity contribution in [3.63, 3.8) is 0 Å². The number of hydrogen-bond donors (Lipinski definition) is 2. The van der Waals surface area contributed by atoms with E-state index in [4.69, 9.17) is 5.73 Å². The molecule has 1 atom stereocenters. The van der Waals surface area contributed by atoms with Crippen LogP contribution >= 0.6 is 0 Å². The summed E-state index contributed by atoms with van der Waals surface area (Å²) in [5.74, 6) is -1.46. The number of hydrogen-bond acceptors (Lipinski definition) is 3. The van der Waals surface area contributed by atoms with E-state index in [2.05, 4.69) is 5.32 Å². The molecule has 0 heterocycles. The molecule has 0 aliphatic heterocycles. The Labute approximate surface area is 114 Å². The van der Waals surface area contributed by atoms with E-state index in [1.54, 1.807) is 19.9 Å². The Hall–Kier alpha value is -1.65. The predicted molar refractivity (Wildman–Crippen MR) is 74.2 cm³/mol. The second-order valence-corrected chi connectivity index (χ2v) is 5.05. The zero-order valence-electron chi connectivity index (χ0n) is 12.2. The number of carbonyl (C=O) groups excluding carboxylic acids is 3. The Kier molecular flexibility index (Phi) is 7.72. The smallest absolute Gasteiger partial charge is 0.287 e. The lowest BCUT2D eigenvalue weighted by Crippen LogP contribution is -2.36. The van der Waals surface area contributed by atoms with Crippen molar-refractivity contribution in [2.75, 3.05) is 6.54 Å². The van der Waals surface area contributed by atoms with Crippen molar-refractivity contribution in [1.29, 1.82) is 0 Å². The summed E-state index contributed by atoms with van der Waals surface area (Å²) in [4.78, 5) is 33.9. The van der Waals surface area contributed by atoms with Crippen LogP contribution in [0.4, 0.5) is 0 Å². The van der Waals surface area contributed by atoms with Gasteiger partial charge in [-0.05, 0) is 25.7 Å². The van der Waals surface area contributed by atoms with Crippen LogP contribution in [0.25, 0.3) is 0 Å². The Morgan fingerprint density at radius 1 is 1.21 bits per heavy atom. The summed E-state index contributed by atoms with van der Waals surface area (Å²) in [5.41, 5.74) is 5.59. The van der Waals surface area contributed by atoms with Crippen molar-refractivity contribution in [1.82, 2.24) is 5.32 Å². The van der Waals surface area contributed by atoms with Gasteiger partial charge in [0.25, 0.3) is 5.91 Å². The summed E-state index contributed by atoms with van der Waals surface area (Å²) >= 11 is 0. The molecule has 1 unspecified atom stereocenters. The quantitative estimate of drug-likeness (QED) is 0.393. The molecule has 0 aromatic heterocycles. The van der Waals surface area contributed by atoms with E-state index in [1.807, 2.05) is 13.8 Å². The molecule has 0 saturated heterocycles. The topological polar surface area (TPSA) is 89.3 Å². The van der Waals surface area contributed by atoms with Gasteiger partial charge in [0, 0.05) is 18.0 Å². The SMILES string of the molecule is C/C(=C\CCCNC(=O)C(=O)C(C)C(C)C)C(N)=O. The molecule has 0 aromatic rings. The first-order chi connectivity index (χ1) is 8.77. The van der Waals surface area contributed by atoms with Crippen molar-refractivity contribution in [2.45, 2.75) is 40.5 Å². The third-order valence-corrected chi connectivity index (χ3v) is 3.14. The minimum absolute atomic E-state index is 0.152. The third-order valence-electron chi connectivity index (χ3n) is 3.14. The molecule has 3 N–H and O–H groups in total. The van der Waals surface area contributed by atoms with Crippen LogP contribution < -0.4 is 11.1 Å². The highest BCUT2D eigenvalue weighted by molar-refractivity contribution is 6.36. The average Bonchev–Trinajstić information content (AvgIpc) is 2.35. The molecular formula is C14H24N2O3. The van der Waals surface area contributed by atoms with E-state index in [0.717, 1.165) is 0 Å². The molecule has 5 heteroatoms. The molecule has 0 bridgehead atoms. The summed E-state index contributed by atoms with van der Waals surface area (Å²) < 4.78 is 0. The fraction of sp³-hybridized carbons (Fsp3) is 0.643. The number of Topliss-reactive ketones (excluding diaryl/α,β-unsaturated/α-hetero) is 1. The van der Waals surface area contributed by atoms with Crippen LogP contribution in [-0.4, -0.2) is 24.1 Å². The van der Waals surface area contributed by atoms with E-state index in [1.165, 1.54) is 0 Å². The maximum atomic E-state index is 11.7. The van der Waals surface area contributed by atoms with Crippen LogP contribution in [0.5, 0.6) is 0 Å². The number of nitrogens with two attached hydrogens (primary N) is 1. The molecule has 0 rings (SSSR count). The second kappa shape index (κ2) is 8.45. The average molecular weight is 268 g/mol. The van der Waals surface area contributed by atoms with Gasteiger partial charge in [0.15, 0.2) is 0 Å². The van der Waals surface area contributed by atoms with Crippen molar-refractivity contribution < 1.29 is 14.4 Å². The van der Waals surface area contributed by atoms with Crippen LogP contribution in [-0.2, 0) is 14.4 Å². The van der Waals surface area contributed by atoms with Gasteiger partial charge in [0.2, 0.25) is 11.7 Å². The van der Waals surface area contributed by atoms with Gasteiger partial charge in [-0.1, -0.05) is 26.8 Å². The number of ketones is 1. The molecule has 5 nitrogen and oxygen atoms in total. The summed E-state index contributed by atoms with van der Waals surface area (Å²) in [6.45, 7) is 7.64. The van der Waals surface area contributed by atoms with Crippen LogP contribution in [0.3, 0.4) is 0 Å². The first-order valence-electron chi connectivity index (χ1n) is 6.56. The number of unbranched alkanes of at least 4 members (excludes halogenated alkanes) is 1. The Morgan fingerprint density at radius 2 is 1.79 bits per heavy atom. The van der Waals surface area contributed by atoms with Gasteiger partial charge in [0.1, 0.15) is 0 Å². The largest absolute Gasteiger partial charge is 0.366 e. The van der Waals surface area contributed by atoms with E-state index < -0.39 is 11.8 Å². The lowest BCUT2D eigenvalue weighted by molar-refractivity contribution is -0.140. The predicted octanol–water partition coefficient (Wildman–Crippen LogP) is 1.18. The van der Waals surface area contributed by atoms with Crippen molar-refractivity contribution in [3.8, 4) is 0 Å². The molecule has 0 fully saturated rings. The van der Waals surface area contributed by atoms with Crippen LogP contribution in [0.15, 0.2) is 11.6 Å². The molecule has 2 amide bonds. The van der Waals surface area contributed by atoms with Crippen molar-refractivity contribution in [3.05, 3.63) is 11.6 Å². The monoisotopic (exact) mass is 268 g/mol. The van der Waals surface area contributed by atoms with E-state index in [0.29, 0.717) is 25.0 Å². The van der Waals surface area contributed by atoms with E-state index in [-0.39, 0.29) is 17.6 Å². The highest BCUT2D eigenvalue weighted by Crippen LogP contribution is 2.10. The molecule has 0 aromatic carbocycles. The fourth-order valence-electron chi connectivity index (χ4n) is 1.32. The molecule has 0 saturated carbocycles. The maximum Gasteiger partial charge on any atom is 0.287 e. The third kappa shape index (κ3) is 6.74. The molecule has 19 heavy (non-hydrogen) atoms. The lowest BCUT2D eigenvalue weighted by Gasteiger charge is -2.13. The normalized spacial score (nSPS) is 13.2. The molecule has 0 aliphatic rings. The summed E-state index contributed by atoms with van der Waals surface area (Å²) in [7, 11) is 0. The van der Waals surface area contributed by atoms with E-state index in [9.17, 15) is 14.4 Å². The van der Waals surface area contributed by atoms with Crippen molar-refractivity contribution in [2.24, 2.45) is 17.6 Å².